The SMILES string of the molecule is O=C(Nc1ncn[nH]1)NC12CC3CC(CC(C3)C1)C2. The van der Waals surface area contributed by atoms with Crippen LogP contribution in [0.15, 0.2) is 6.33 Å². The molecule has 4 aliphatic carbocycles. The number of urea groups is 1. The molecule has 3 N–H and O–H groups in total. The number of hydrogen-bond acceptors (Lipinski definition) is 3. The molecule has 0 atom stereocenters. The van der Waals surface area contributed by atoms with Crippen LogP contribution in [0.3, 0.4) is 0 Å². The van der Waals surface area contributed by atoms with Gasteiger partial charge in [0, 0.05) is 5.54 Å². The quantitative estimate of drug-likeness (QED) is 0.760. The Hall–Kier alpha value is -1.59. The molecule has 5 rings (SSSR count). The van der Waals surface area contributed by atoms with Gasteiger partial charge in [-0.2, -0.15) is 10.1 Å². The van der Waals surface area contributed by atoms with Gasteiger partial charge in [0.25, 0.3) is 0 Å². The van der Waals surface area contributed by atoms with E-state index >= 15 is 0 Å². The van der Waals surface area contributed by atoms with E-state index in [0.29, 0.717) is 5.95 Å². The maximum atomic E-state index is 12.1. The first-order valence-corrected chi connectivity index (χ1v) is 7.15. The number of nitrogens with one attached hydrogen (secondary N) is 3. The first-order valence-electron chi connectivity index (χ1n) is 7.15. The van der Waals surface area contributed by atoms with Crippen molar-refractivity contribution in [3.8, 4) is 0 Å². The van der Waals surface area contributed by atoms with Crippen molar-refractivity contribution >= 4 is 12.0 Å². The topological polar surface area (TPSA) is 82.7 Å². The van der Waals surface area contributed by atoms with Crippen molar-refractivity contribution in [1.29, 1.82) is 0 Å². The van der Waals surface area contributed by atoms with Crippen molar-refractivity contribution in [2.75, 3.05) is 5.32 Å². The summed E-state index contributed by atoms with van der Waals surface area (Å²) < 4.78 is 0. The number of aromatic nitrogens is 3. The lowest BCUT2D eigenvalue weighted by molar-refractivity contribution is -0.0127. The molecule has 6 nitrogen and oxygen atoms in total. The van der Waals surface area contributed by atoms with Crippen molar-refractivity contribution in [3.63, 3.8) is 0 Å². The van der Waals surface area contributed by atoms with Crippen LogP contribution in [0.2, 0.25) is 0 Å². The van der Waals surface area contributed by atoms with Crippen LogP contribution in [0.4, 0.5) is 10.7 Å². The highest BCUT2D eigenvalue weighted by atomic mass is 16.2. The van der Waals surface area contributed by atoms with E-state index in [1.165, 1.54) is 25.6 Å². The predicted molar refractivity (Wildman–Crippen MR) is 69.4 cm³/mol. The van der Waals surface area contributed by atoms with E-state index in [4.69, 9.17) is 0 Å². The highest BCUT2D eigenvalue weighted by molar-refractivity contribution is 5.87. The molecular formula is C13H19N5O. The number of hydrogen-bond donors (Lipinski definition) is 3. The molecular weight excluding hydrogens is 242 g/mol. The molecule has 2 amide bonds. The van der Waals surface area contributed by atoms with E-state index in [2.05, 4.69) is 25.8 Å². The number of amides is 2. The molecule has 102 valence electrons. The summed E-state index contributed by atoms with van der Waals surface area (Å²) >= 11 is 0. The summed E-state index contributed by atoms with van der Waals surface area (Å²) in [5.41, 5.74) is 0.0405. The molecule has 4 saturated carbocycles. The van der Waals surface area contributed by atoms with Gasteiger partial charge in [0.15, 0.2) is 0 Å². The summed E-state index contributed by atoms with van der Waals surface area (Å²) in [4.78, 5) is 16.0. The van der Waals surface area contributed by atoms with Gasteiger partial charge in [0.2, 0.25) is 5.95 Å². The lowest BCUT2D eigenvalue weighted by Gasteiger charge is -2.56. The molecule has 0 aromatic carbocycles. The summed E-state index contributed by atoms with van der Waals surface area (Å²) in [6.07, 6.45) is 8.99. The van der Waals surface area contributed by atoms with E-state index < -0.39 is 0 Å². The fourth-order valence-electron chi connectivity index (χ4n) is 4.91. The summed E-state index contributed by atoms with van der Waals surface area (Å²) in [7, 11) is 0. The lowest BCUT2D eigenvalue weighted by Crippen LogP contribution is -2.60. The van der Waals surface area contributed by atoms with E-state index in [9.17, 15) is 4.79 Å². The Kier molecular flexibility index (Phi) is 2.34. The molecule has 1 aromatic rings. The Balaban J connectivity index is 1.46. The highest BCUT2D eigenvalue weighted by Gasteiger charge is 2.51. The summed E-state index contributed by atoms with van der Waals surface area (Å²) in [6.45, 7) is 0. The number of aromatic amines is 1. The van der Waals surface area contributed by atoms with E-state index in [0.717, 1.165) is 37.0 Å². The molecule has 4 aliphatic rings. The number of carbonyl (C=O) groups is 1. The standard InChI is InChI=1S/C13H19N5O/c19-12(16-11-14-7-15-18-11)17-13-4-8-1-9(5-13)3-10(2-8)6-13/h7-10H,1-6H2,(H3,14,15,16,17,18,19). The maximum Gasteiger partial charge on any atom is 0.322 e. The van der Waals surface area contributed by atoms with Crippen LogP contribution in [-0.2, 0) is 0 Å². The molecule has 0 radical (unpaired) electrons. The molecule has 6 heteroatoms. The van der Waals surface area contributed by atoms with Gasteiger partial charge in [-0.1, -0.05) is 0 Å². The average Bonchev–Trinajstić information content (AvgIpc) is 2.78. The first-order chi connectivity index (χ1) is 9.21. The Morgan fingerprint density at radius 1 is 1.21 bits per heavy atom. The number of anilines is 1. The van der Waals surface area contributed by atoms with Gasteiger partial charge in [0.1, 0.15) is 6.33 Å². The van der Waals surface area contributed by atoms with Gasteiger partial charge in [-0.25, -0.2) is 9.89 Å². The molecule has 19 heavy (non-hydrogen) atoms. The fraction of sp³-hybridized carbons (Fsp3) is 0.769. The normalized spacial score (nSPS) is 39.3. The zero-order valence-corrected chi connectivity index (χ0v) is 10.9. The molecule has 4 fully saturated rings. The molecule has 1 heterocycles. The summed E-state index contributed by atoms with van der Waals surface area (Å²) in [5, 5.41) is 12.3. The van der Waals surface area contributed by atoms with Crippen LogP contribution in [0.1, 0.15) is 38.5 Å². The highest BCUT2D eigenvalue weighted by Crippen LogP contribution is 2.55. The van der Waals surface area contributed by atoms with Gasteiger partial charge in [-0.3, -0.25) is 5.32 Å². The van der Waals surface area contributed by atoms with Crippen molar-refractivity contribution in [3.05, 3.63) is 6.33 Å². The third kappa shape index (κ3) is 1.99. The van der Waals surface area contributed by atoms with Gasteiger partial charge in [-0.05, 0) is 56.3 Å². The van der Waals surface area contributed by atoms with Crippen molar-refractivity contribution in [2.24, 2.45) is 17.8 Å². The van der Waals surface area contributed by atoms with Crippen LogP contribution in [0, 0.1) is 17.8 Å². The smallest absolute Gasteiger partial charge is 0.322 e. The van der Waals surface area contributed by atoms with Crippen molar-refractivity contribution < 1.29 is 4.79 Å². The van der Waals surface area contributed by atoms with Crippen LogP contribution in [-0.4, -0.2) is 26.8 Å². The third-order valence-electron chi connectivity index (χ3n) is 5.06. The molecule has 0 unspecified atom stereocenters. The van der Waals surface area contributed by atoms with E-state index in [1.807, 2.05) is 0 Å². The Labute approximate surface area is 111 Å². The number of rotatable bonds is 2. The minimum absolute atomic E-state index is 0.0405. The zero-order valence-electron chi connectivity index (χ0n) is 10.9. The van der Waals surface area contributed by atoms with Gasteiger partial charge >= 0.3 is 6.03 Å². The largest absolute Gasteiger partial charge is 0.332 e. The second-order valence-corrected chi connectivity index (χ2v) is 6.61. The summed E-state index contributed by atoms with van der Waals surface area (Å²) in [5.74, 6) is 2.90. The Morgan fingerprint density at radius 2 is 1.84 bits per heavy atom. The van der Waals surface area contributed by atoms with Gasteiger partial charge in [0.05, 0.1) is 0 Å². The van der Waals surface area contributed by atoms with Crippen LogP contribution >= 0.6 is 0 Å². The molecule has 0 aliphatic heterocycles. The van der Waals surface area contributed by atoms with Gasteiger partial charge < -0.3 is 5.32 Å². The molecule has 0 saturated heterocycles. The monoisotopic (exact) mass is 261 g/mol. The number of carbonyl (C=O) groups excluding carboxylic acids is 1. The fourth-order valence-corrected chi connectivity index (χ4v) is 4.91. The predicted octanol–water partition coefficient (Wildman–Crippen LogP) is 1.89. The Morgan fingerprint density at radius 3 is 2.37 bits per heavy atom. The molecule has 0 spiro atoms. The van der Waals surface area contributed by atoms with Crippen molar-refractivity contribution in [1.82, 2.24) is 20.5 Å². The van der Waals surface area contributed by atoms with Gasteiger partial charge in [-0.15, -0.1) is 0 Å². The summed E-state index contributed by atoms with van der Waals surface area (Å²) in [6, 6.07) is -0.154. The minimum atomic E-state index is -0.154. The number of nitrogens with zero attached hydrogens (tertiary/aromatic N) is 2. The van der Waals surface area contributed by atoms with Crippen LogP contribution in [0.5, 0.6) is 0 Å². The second-order valence-electron chi connectivity index (χ2n) is 6.61. The van der Waals surface area contributed by atoms with Crippen LogP contribution < -0.4 is 10.6 Å². The minimum Gasteiger partial charge on any atom is -0.332 e. The number of H-pyrrole nitrogens is 1. The lowest BCUT2D eigenvalue weighted by atomic mass is 9.53. The first kappa shape index (κ1) is 11.3. The second kappa shape index (κ2) is 3.95. The van der Waals surface area contributed by atoms with Crippen LogP contribution in [0.25, 0.3) is 0 Å². The molecule has 4 bridgehead atoms. The Bertz CT molecular complexity index is 448. The molecule has 1 aromatic heterocycles. The third-order valence-corrected chi connectivity index (χ3v) is 5.06. The van der Waals surface area contributed by atoms with E-state index in [1.54, 1.807) is 0 Å². The van der Waals surface area contributed by atoms with E-state index in [-0.39, 0.29) is 11.6 Å². The van der Waals surface area contributed by atoms with Crippen molar-refractivity contribution in [2.45, 2.75) is 44.1 Å². The average molecular weight is 261 g/mol. The maximum absolute atomic E-state index is 12.1. The zero-order chi connectivity index (χ0) is 12.9.